The molecule has 4 nitrogen and oxygen atoms in total. The number of hydrogen-bond donors (Lipinski definition) is 1. The molecule has 1 heterocycles. The zero-order chi connectivity index (χ0) is 13.2. The monoisotopic (exact) mass is 255 g/mol. The molecule has 96 valence electrons. The highest BCUT2D eigenvalue weighted by molar-refractivity contribution is 5.79. The fourth-order valence-corrected chi connectivity index (χ4v) is 2.04. The third-order valence-electron chi connectivity index (χ3n) is 2.92. The van der Waals surface area contributed by atoms with Crippen molar-refractivity contribution in [2.75, 3.05) is 6.61 Å². The fourth-order valence-electron chi connectivity index (χ4n) is 2.04. The number of aromatic amines is 1. The number of ether oxygens (including phenoxy) is 1. The van der Waals surface area contributed by atoms with Crippen LogP contribution in [0.15, 0.2) is 51.7 Å². The second-order valence-corrected chi connectivity index (χ2v) is 4.18. The second-order valence-electron chi connectivity index (χ2n) is 4.18. The Bertz CT molecular complexity index is 753. The first-order valence-corrected chi connectivity index (χ1v) is 6.12. The van der Waals surface area contributed by atoms with Crippen LogP contribution in [-0.4, -0.2) is 11.6 Å². The minimum atomic E-state index is -0.432. The van der Waals surface area contributed by atoms with Gasteiger partial charge in [-0.15, -0.1) is 0 Å². The SMILES string of the molecule is CCOc1ccc(-c2ccc3[nH]c(=O)oc3c2)cc1. The molecular formula is C15H13NO3. The van der Waals surface area contributed by atoms with E-state index in [0.717, 1.165) is 16.9 Å². The number of oxazole rings is 1. The molecule has 0 spiro atoms. The van der Waals surface area contributed by atoms with E-state index < -0.39 is 5.76 Å². The van der Waals surface area contributed by atoms with Gasteiger partial charge in [0, 0.05) is 0 Å². The summed E-state index contributed by atoms with van der Waals surface area (Å²) in [7, 11) is 0. The van der Waals surface area contributed by atoms with Crippen molar-refractivity contribution in [3.05, 3.63) is 53.0 Å². The molecule has 0 atom stereocenters. The average molecular weight is 255 g/mol. The van der Waals surface area contributed by atoms with Crippen LogP contribution in [0.2, 0.25) is 0 Å². The molecule has 0 radical (unpaired) electrons. The predicted octanol–water partition coefficient (Wildman–Crippen LogP) is 3.19. The first-order valence-electron chi connectivity index (χ1n) is 6.12. The van der Waals surface area contributed by atoms with E-state index in [4.69, 9.17) is 9.15 Å². The van der Waals surface area contributed by atoms with Gasteiger partial charge in [-0.3, -0.25) is 4.98 Å². The van der Waals surface area contributed by atoms with Gasteiger partial charge in [0.25, 0.3) is 0 Å². The number of fused-ring (bicyclic) bond motifs is 1. The van der Waals surface area contributed by atoms with Gasteiger partial charge in [-0.2, -0.15) is 0 Å². The van der Waals surface area contributed by atoms with Crippen LogP contribution in [-0.2, 0) is 0 Å². The van der Waals surface area contributed by atoms with Gasteiger partial charge < -0.3 is 9.15 Å². The zero-order valence-corrected chi connectivity index (χ0v) is 10.5. The van der Waals surface area contributed by atoms with Crippen LogP contribution in [0.3, 0.4) is 0 Å². The zero-order valence-electron chi connectivity index (χ0n) is 10.5. The molecule has 4 heteroatoms. The lowest BCUT2D eigenvalue weighted by Crippen LogP contribution is -1.92. The van der Waals surface area contributed by atoms with Crippen molar-refractivity contribution < 1.29 is 9.15 Å². The first kappa shape index (κ1) is 11.6. The highest BCUT2D eigenvalue weighted by Gasteiger charge is 2.04. The van der Waals surface area contributed by atoms with Crippen molar-refractivity contribution in [3.63, 3.8) is 0 Å². The first-order chi connectivity index (χ1) is 9.26. The van der Waals surface area contributed by atoms with Crippen molar-refractivity contribution >= 4 is 11.1 Å². The molecule has 0 unspecified atom stereocenters. The van der Waals surface area contributed by atoms with E-state index in [9.17, 15) is 4.79 Å². The van der Waals surface area contributed by atoms with Gasteiger partial charge in [0.05, 0.1) is 12.1 Å². The van der Waals surface area contributed by atoms with E-state index in [1.807, 2.05) is 49.4 Å². The van der Waals surface area contributed by atoms with Crippen LogP contribution in [0.4, 0.5) is 0 Å². The maximum atomic E-state index is 11.1. The Balaban J connectivity index is 2.00. The number of nitrogens with one attached hydrogen (secondary N) is 1. The third-order valence-corrected chi connectivity index (χ3v) is 2.92. The average Bonchev–Trinajstić information content (AvgIpc) is 2.79. The van der Waals surface area contributed by atoms with Crippen molar-refractivity contribution in [2.45, 2.75) is 6.92 Å². The Hall–Kier alpha value is -2.49. The molecule has 0 amide bonds. The molecule has 3 aromatic rings. The second kappa shape index (κ2) is 4.65. The maximum absolute atomic E-state index is 11.1. The summed E-state index contributed by atoms with van der Waals surface area (Å²) in [5, 5.41) is 0. The number of benzene rings is 2. The highest BCUT2D eigenvalue weighted by Crippen LogP contribution is 2.25. The molecule has 2 aromatic carbocycles. The summed E-state index contributed by atoms with van der Waals surface area (Å²) in [6.07, 6.45) is 0. The largest absolute Gasteiger partial charge is 0.494 e. The molecular weight excluding hydrogens is 242 g/mol. The summed E-state index contributed by atoms with van der Waals surface area (Å²) in [5.74, 6) is 0.416. The molecule has 1 N–H and O–H groups in total. The van der Waals surface area contributed by atoms with Crippen molar-refractivity contribution in [2.24, 2.45) is 0 Å². The van der Waals surface area contributed by atoms with E-state index in [2.05, 4.69) is 4.98 Å². The van der Waals surface area contributed by atoms with Gasteiger partial charge >= 0.3 is 5.76 Å². The highest BCUT2D eigenvalue weighted by atomic mass is 16.5. The number of aromatic nitrogens is 1. The number of H-pyrrole nitrogens is 1. The minimum Gasteiger partial charge on any atom is -0.494 e. The lowest BCUT2D eigenvalue weighted by molar-refractivity contribution is 0.340. The Morgan fingerprint density at radius 3 is 2.58 bits per heavy atom. The smallest absolute Gasteiger partial charge is 0.417 e. The summed E-state index contributed by atoms with van der Waals surface area (Å²) in [6, 6.07) is 13.5. The van der Waals surface area contributed by atoms with Crippen LogP contribution in [0.1, 0.15) is 6.92 Å². The summed E-state index contributed by atoms with van der Waals surface area (Å²) in [6.45, 7) is 2.61. The van der Waals surface area contributed by atoms with Gasteiger partial charge in [-0.25, -0.2) is 4.79 Å². The van der Waals surface area contributed by atoms with Crippen LogP contribution in [0, 0.1) is 0 Å². The van der Waals surface area contributed by atoms with Crippen LogP contribution in [0.5, 0.6) is 5.75 Å². The van der Waals surface area contributed by atoms with Gasteiger partial charge in [0.15, 0.2) is 5.58 Å². The number of hydrogen-bond acceptors (Lipinski definition) is 3. The normalized spacial score (nSPS) is 10.8. The molecule has 0 aliphatic heterocycles. The molecule has 0 aliphatic carbocycles. The number of rotatable bonds is 3. The molecule has 1 aromatic heterocycles. The Labute approximate surface area is 109 Å². The van der Waals surface area contributed by atoms with Gasteiger partial charge in [-0.1, -0.05) is 18.2 Å². The molecule has 0 saturated carbocycles. The summed E-state index contributed by atoms with van der Waals surface area (Å²) in [4.78, 5) is 13.7. The predicted molar refractivity (Wildman–Crippen MR) is 73.4 cm³/mol. The van der Waals surface area contributed by atoms with E-state index in [1.165, 1.54) is 0 Å². The topological polar surface area (TPSA) is 55.2 Å². The quantitative estimate of drug-likeness (QED) is 0.782. The van der Waals surface area contributed by atoms with E-state index in [1.54, 1.807) is 0 Å². The van der Waals surface area contributed by atoms with E-state index >= 15 is 0 Å². The van der Waals surface area contributed by atoms with Crippen molar-refractivity contribution in [3.8, 4) is 16.9 Å². The van der Waals surface area contributed by atoms with Crippen molar-refractivity contribution in [1.29, 1.82) is 0 Å². The molecule has 0 bridgehead atoms. The minimum absolute atomic E-state index is 0.432. The molecule has 0 saturated heterocycles. The van der Waals surface area contributed by atoms with Crippen LogP contribution in [0.25, 0.3) is 22.2 Å². The van der Waals surface area contributed by atoms with E-state index in [-0.39, 0.29) is 0 Å². The standard InChI is InChI=1S/C15H13NO3/c1-2-18-12-6-3-10(4-7-12)11-5-8-13-14(9-11)19-15(17)16-13/h3-9H,2H2,1H3,(H,16,17). The van der Waals surface area contributed by atoms with E-state index in [0.29, 0.717) is 17.7 Å². The lowest BCUT2D eigenvalue weighted by atomic mass is 10.1. The Kier molecular flexibility index (Phi) is 2.83. The van der Waals surface area contributed by atoms with Gasteiger partial charge in [0.1, 0.15) is 5.75 Å². The Morgan fingerprint density at radius 2 is 1.84 bits per heavy atom. The fraction of sp³-hybridized carbons (Fsp3) is 0.133. The Morgan fingerprint density at radius 1 is 1.11 bits per heavy atom. The third kappa shape index (κ3) is 2.25. The van der Waals surface area contributed by atoms with Gasteiger partial charge in [-0.05, 0) is 42.3 Å². The molecule has 19 heavy (non-hydrogen) atoms. The summed E-state index contributed by atoms with van der Waals surface area (Å²) in [5.41, 5.74) is 3.32. The molecule has 3 rings (SSSR count). The molecule has 0 fully saturated rings. The van der Waals surface area contributed by atoms with Gasteiger partial charge in [0.2, 0.25) is 0 Å². The lowest BCUT2D eigenvalue weighted by Gasteiger charge is -2.05. The van der Waals surface area contributed by atoms with Crippen molar-refractivity contribution in [1.82, 2.24) is 4.98 Å². The van der Waals surface area contributed by atoms with Crippen LogP contribution < -0.4 is 10.5 Å². The summed E-state index contributed by atoms with van der Waals surface area (Å²) < 4.78 is 10.5. The molecule has 0 aliphatic rings. The van der Waals surface area contributed by atoms with Crippen LogP contribution >= 0.6 is 0 Å². The maximum Gasteiger partial charge on any atom is 0.417 e. The summed E-state index contributed by atoms with van der Waals surface area (Å²) >= 11 is 0.